The molecule has 1 aliphatic carbocycles. The summed E-state index contributed by atoms with van der Waals surface area (Å²) in [5.41, 5.74) is -0.0202. The minimum absolute atomic E-state index is 0.215. The van der Waals surface area contributed by atoms with Gasteiger partial charge in [0, 0.05) is 24.2 Å². The Balaban J connectivity index is 2.14. The molecule has 1 aromatic rings. The zero-order chi connectivity index (χ0) is 13.8. The number of hydrogen-bond donors (Lipinski definition) is 1. The molecule has 0 atom stereocenters. The van der Waals surface area contributed by atoms with Crippen molar-refractivity contribution in [3.05, 3.63) is 56.1 Å². The largest absolute Gasteiger partial charge is 0.309 e. The van der Waals surface area contributed by atoms with E-state index in [0.717, 1.165) is 18.9 Å². The molecule has 0 amide bonds. The molecule has 0 fully saturated rings. The SMILES string of the molecule is O=[N+]([O-])c1ccc(CNC2CC=CC2)c([N+](=O)[O-])c1. The average Bonchev–Trinajstić information content (AvgIpc) is 2.89. The Morgan fingerprint density at radius 2 is 1.84 bits per heavy atom. The lowest BCUT2D eigenvalue weighted by Gasteiger charge is -2.11. The third-order valence-corrected chi connectivity index (χ3v) is 3.07. The van der Waals surface area contributed by atoms with Gasteiger partial charge in [0.05, 0.1) is 15.9 Å². The van der Waals surface area contributed by atoms with Crippen LogP contribution in [0.4, 0.5) is 11.4 Å². The van der Waals surface area contributed by atoms with E-state index in [4.69, 9.17) is 0 Å². The lowest BCUT2D eigenvalue weighted by atomic mass is 10.1. The van der Waals surface area contributed by atoms with Gasteiger partial charge in [-0.3, -0.25) is 20.2 Å². The van der Waals surface area contributed by atoms with Crippen LogP contribution in [-0.2, 0) is 6.54 Å². The van der Waals surface area contributed by atoms with Crippen molar-refractivity contribution >= 4 is 11.4 Å². The molecule has 1 N–H and O–H groups in total. The van der Waals surface area contributed by atoms with E-state index in [9.17, 15) is 20.2 Å². The number of hydrogen-bond acceptors (Lipinski definition) is 5. The molecule has 0 aromatic heterocycles. The first kappa shape index (κ1) is 13.2. The van der Waals surface area contributed by atoms with Gasteiger partial charge in [-0.2, -0.15) is 0 Å². The van der Waals surface area contributed by atoms with Crippen LogP contribution in [0.25, 0.3) is 0 Å². The second-order valence-corrected chi connectivity index (χ2v) is 4.35. The van der Waals surface area contributed by atoms with Crippen molar-refractivity contribution in [2.75, 3.05) is 0 Å². The van der Waals surface area contributed by atoms with E-state index >= 15 is 0 Å². The molecular weight excluding hydrogens is 250 g/mol. The van der Waals surface area contributed by atoms with Gasteiger partial charge in [-0.05, 0) is 18.9 Å². The van der Waals surface area contributed by atoms with Crippen molar-refractivity contribution in [1.82, 2.24) is 5.32 Å². The molecule has 1 aromatic carbocycles. The summed E-state index contributed by atoms with van der Waals surface area (Å²) >= 11 is 0. The van der Waals surface area contributed by atoms with E-state index in [-0.39, 0.29) is 17.4 Å². The number of nitrogens with one attached hydrogen (secondary N) is 1. The quantitative estimate of drug-likeness (QED) is 0.499. The summed E-state index contributed by atoms with van der Waals surface area (Å²) in [6, 6.07) is 4.02. The number of benzene rings is 1. The molecule has 0 heterocycles. The van der Waals surface area contributed by atoms with Crippen LogP contribution in [0, 0.1) is 20.2 Å². The van der Waals surface area contributed by atoms with E-state index in [2.05, 4.69) is 17.5 Å². The van der Waals surface area contributed by atoms with E-state index in [0.29, 0.717) is 12.1 Å². The molecule has 0 radical (unpaired) electrons. The molecule has 19 heavy (non-hydrogen) atoms. The summed E-state index contributed by atoms with van der Waals surface area (Å²) in [6.07, 6.45) is 5.92. The smallest absolute Gasteiger partial charge is 0.280 e. The zero-order valence-corrected chi connectivity index (χ0v) is 10.1. The summed E-state index contributed by atoms with van der Waals surface area (Å²) in [7, 11) is 0. The molecule has 0 spiro atoms. The average molecular weight is 263 g/mol. The van der Waals surface area contributed by atoms with Gasteiger partial charge < -0.3 is 5.32 Å². The van der Waals surface area contributed by atoms with Crippen LogP contribution >= 0.6 is 0 Å². The molecule has 7 heteroatoms. The minimum Gasteiger partial charge on any atom is -0.309 e. The summed E-state index contributed by atoms with van der Waals surface area (Å²) < 4.78 is 0. The first-order valence-electron chi connectivity index (χ1n) is 5.88. The minimum atomic E-state index is -0.634. The van der Waals surface area contributed by atoms with Crippen molar-refractivity contribution in [1.29, 1.82) is 0 Å². The molecule has 0 saturated heterocycles. The molecule has 2 rings (SSSR count). The van der Waals surface area contributed by atoms with Gasteiger partial charge in [0.25, 0.3) is 11.4 Å². The number of nitro groups is 2. The number of nitrogens with zero attached hydrogens (tertiary/aromatic N) is 2. The Hall–Kier alpha value is -2.28. The highest BCUT2D eigenvalue weighted by Gasteiger charge is 2.20. The highest BCUT2D eigenvalue weighted by atomic mass is 16.6. The standard InChI is InChI=1S/C12H13N3O4/c16-14(17)11-6-5-9(12(7-11)15(18)19)8-13-10-3-1-2-4-10/h1-2,5-7,10,13H,3-4,8H2. The predicted octanol–water partition coefficient (Wildman–Crippen LogP) is 2.31. The van der Waals surface area contributed by atoms with Crippen LogP contribution in [0.1, 0.15) is 18.4 Å². The van der Waals surface area contributed by atoms with E-state index in [1.165, 1.54) is 12.1 Å². The molecular formula is C12H13N3O4. The van der Waals surface area contributed by atoms with E-state index in [1.54, 1.807) is 0 Å². The molecule has 0 unspecified atom stereocenters. The molecule has 100 valence electrons. The van der Waals surface area contributed by atoms with E-state index < -0.39 is 9.85 Å². The molecule has 7 nitrogen and oxygen atoms in total. The van der Waals surface area contributed by atoms with Gasteiger partial charge in [-0.25, -0.2) is 0 Å². The van der Waals surface area contributed by atoms with Crippen molar-refractivity contribution in [2.24, 2.45) is 0 Å². The van der Waals surface area contributed by atoms with Crippen molar-refractivity contribution in [3.8, 4) is 0 Å². The maximum atomic E-state index is 10.9. The number of rotatable bonds is 5. The topological polar surface area (TPSA) is 98.3 Å². The summed E-state index contributed by atoms with van der Waals surface area (Å²) in [5, 5.41) is 24.8. The molecule has 1 aliphatic rings. The van der Waals surface area contributed by atoms with Crippen LogP contribution < -0.4 is 5.32 Å². The zero-order valence-electron chi connectivity index (χ0n) is 10.1. The highest BCUT2D eigenvalue weighted by Crippen LogP contribution is 2.25. The Kier molecular flexibility index (Phi) is 3.86. The van der Waals surface area contributed by atoms with Crippen LogP contribution in [0.2, 0.25) is 0 Å². The van der Waals surface area contributed by atoms with Gasteiger partial charge >= 0.3 is 0 Å². The number of non-ortho nitro benzene ring substituents is 1. The van der Waals surface area contributed by atoms with Crippen LogP contribution in [0.3, 0.4) is 0 Å². The monoisotopic (exact) mass is 263 g/mol. The first-order chi connectivity index (χ1) is 9.08. The van der Waals surface area contributed by atoms with Crippen LogP contribution in [0.15, 0.2) is 30.4 Å². The summed E-state index contributed by atoms with van der Waals surface area (Å²) in [5.74, 6) is 0. The van der Waals surface area contributed by atoms with E-state index in [1.807, 2.05) is 0 Å². The Bertz CT molecular complexity index is 534. The maximum absolute atomic E-state index is 10.9. The molecule has 0 bridgehead atoms. The fraction of sp³-hybridized carbons (Fsp3) is 0.333. The van der Waals surface area contributed by atoms with Crippen molar-refractivity contribution in [2.45, 2.75) is 25.4 Å². The normalized spacial score (nSPS) is 14.7. The lowest BCUT2D eigenvalue weighted by molar-refractivity contribution is -0.394. The predicted molar refractivity (Wildman–Crippen MR) is 68.8 cm³/mol. The molecule has 0 aliphatic heterocycles. The summed E-state index contributed by atoms with van der Waals surface area (Å²) in [4.78, 5) is 20.3. The van der Waals surface area contributed by atoms with Gasteiger partial charge in [0.1, 0.15) is 0 Å². The third kappa shape index (κ3) is 3.14. The van der Waals surface area contributed by atoms with Crippen LogP contribution in [-0.4, -0.2) is 15.9 Å². The second kappa shape index (κ2) is 5.57. The maximum Gasteiger partial charge on any atom is 0.280 e. The Labute approximate surface area is 109 Å². The fourth-order valence-electron chi connectivity index (χ4n) is 2.02. The fourth-order valence-corrected chi connectivity index (χ4v) is 2.02. The number of nitro benzene ring substituents is 2. The summed E-state index contributed by atoms with van der Waals surface area (Å²) in [6.45, 7) is 0.334. The van der Waals surface area contributed by atoms with Crippen molar-refractivity contribution < 1.29 is 9.85 Å². The van der Waals surface area contributed by atoms with Crippen molar-refractivity contribution in [3.63, 3.8) is 0 Å². The Morgan fingerprint density at radius 1 is 1.16 bits per heavy atom. The van der Waals surface area contributed by atoms with Crippen LogP contribution in [0.5, 0.6) is 0 Å². The van der Waals surface area contributed by atoms with Gasteiger partial charge in [0.15, 0.2) is 0 Å². The molecule has 0 saturated carbocycles. The second-order valence-electron chi connectivity index (χ2n) is 4.35. The highest BCUT2D eigenvalue weighted by molar-refractivity contribution is 5.49. The third-order valence-electron chi connectivity index (χ3n) is 3.07. The first-order valence-corrected chi connectivity index (χ1v) is 5.88. The lowest BCUT2D eigenvalue weighted by Crippen LogP contribution is -2.26. The Morgan fingerprint density at radius 3 is 2.42 bits per heavy atom. The van der Waals surface area contributed by atoms with Gasteiger partial charge in [0.2, 0.25) is 0 Å². The van der Waals surface area contributed by atoms with Gasteiger partial charge in [-0.15, -0.1) is 0 Å². The van der Waals surface area contributed by atoms with Gasteiger partial charge in [-0.1, -0.05) is 12.2 Å².